The monoisotopic (exact) mass is 321 g/mol. The smallest absolute Gasteiger partial charge is 0.263 e. The minimum atomic E-state index is -0.364. The number of benzene rings is 1. The molecule has 0 saturated heterocycles. The summed E-state index contributed by atoms with van der Waals surface area (Å²) < 4.78 is 14.0. The van der Waals surface area contributed by atoms with Gasteiger partial charge in [0.2, 0.25) is 0 Å². The van der Waals surface area contributed by atoms with E-state index in [-0.39, 0.29) is 11.7 Å². The first-order valence-electron chi connectivity index (χ1n) is 6.21. The number of hydrogen-bond acceptors (Lipinski definition) is 5. The van der Waals surface area contributed by atoms with Crippen LogP contribution in [0, 0.1) is 12.7 Å². The molecule has 3 N–H and O–H groups in total. The molecule has 0 spiro atoms. The molecule has 0 aliphatic carbocycles. The number of carbonyl (C=O) groups excluding carboxylic acids is 1. The molecule has 2 aromatic heterocycles. The average Bonchev–Trinajstić information content (AvgIpc) is 3.01. The van der Waals surface area contributed by atoms with Crippen LogP contribution in [0.2, 0.25) is 0 Å². The molecule has 108 valence electrons. The Bertz CT molecular complexity index is 825. The molecule has 1 aromatic carbocycles. The first-order chi connectivity index (χ1) is 10.0. The first kappa shape index (κ1) is 14.0. The zero-order valence-electron chi connectivity index (χ0n) is 11.1. The zero-order chi connectivity index (χ0) is 15.0. The third-order valence-electron chi connectivity index (χ3n) is 2.96. The van der Waals surface area contributed by atoms with Crippen molar-refractivity contribution in [2.24, 2.45) is 0 Å². The average molecular weight is 321 g/mol. The van der Waals surface area contributed by atoms with Gasteiger partial charge in [0, 0.05) is 21.2 Å². The van der Waals surface area contributed by atoms with Crippen molar-refractivity contribution in [3.63, 3.8) is 0 Å². The lowest BCUT2D eigenvalue weighted by molar-refractivity contribution is 0.0956. The zero-order valence-corrected chi connectivity index (χ0v) is 12.8. The number of nitrogens with one attached hydrogen (secondary N) is 1. The summed E-state index contributed by atoms with van der Waals surface area (Å²) in [5.41, 5.74) is 7.20. The maximum absolute atomic E-state index is 13.2. The highest BCUT2D eigenvalue weighted by Gasteiger charge is 2.16. The Morgan fingerprint density at radius 3 is 3.00 bits per heavy atom. The van der Waals surface area contributed by atoms with E-state index in [1.165, 1.54) is 34.8 Å². The fraction of sp³-hybridized carbons (Fsp3) is 0.143. The Morgan fingerprint density at radius 1 is 1.48 bits per heavy atom. The van der Waals surface area contributed by atoms with E-state index in [0.717, 1.165) is 15.4 Å². The Morgan fingerprint density at radius 2 is 2.29 bits per heavy atom. The van der Waals surface area contributed by atoms with Crippen molar-refractivity contribution in [3.05, 3.63) is 45.0 Å². The van der Waals surface area contributed by atoms with E-state index < -0.39 is 0 Å². The van der Waals surface area contributed by atoms with Gasteiger partial charge in [-0.05, 0) is 25.1 Å². The molecule has 3 rings (SSSR count). The van der Waals surface area contributed by atoms with Gasteiger partial charge >= 0.3 is 0 Å². The Balaban J connectivity index is 1.82. The summed E-state index contributed by atoms with van der Waals surface area (Å²) in [6, 6.07) is 4.34. The van der Waals surface area contributed by atoms with E-state index in [0.29, 0.717) is 22.5 Å². The molecule has 21 heavy (non-hydrogen) atoms. The molecule has 0 bridgehead atoms. The maximum atomic E-state index is 13.2. The minimum Gasteiger partial charge on any atom is -0.397 e. The summed E-state index contributed by atoms with van der Waals surface area (Å²) >= 11 is 2.75. The van der Waals surface area contributed by atoms with E-state index >= 15 is 0 Å². The molecule has 0 unspecified atom stereocenters. The van der Waals surface area contributed by atoms with Gasteiger partial charge in [-0.2, -0.15) is 0 Å². The molecule has 0 fully saturated rings. The van der Waals surface area contributed by atoms with Gasteiger partial charge in [-0.25, -0.2) is 9.37 Å². The highest BCUT2D eigenvalue weighted by Crippen LogP contribution is 2.34. The number of halogens is 1. The normalized spacial score (nSPS) is 11.0. The molecule has 7 heteroatoms. The molecule has 4 nitrogen and oxygen atoms in total. The predicted octanol–water partition coefficient (Wildman–Crippen LogP) is 3.32. The number of rotatable bonds is 3. The molecule has 0 radical (unpaired) electrons. The highest BCUT2D eigenvalue weighted by atomic mass is 32.1. The van der Waals surface area contributed by atoms with Crippen LogP contribution in [-0.2, 0) is 6.54 Å². The lowest BCUT2D eigenvalue weighted by Gasteiger charge is -2.01. The SMILES string of the molecule is Cc1csc(CNC(=O)c2sc3ccc(F)cc3c2N)n1. The number of carbonyl (C=O) groups is 1. The lowest BCUT2D eigenvalue weighted by atomic mass is 10.2. The Labute approximate surface area is 128 Å². The quantitative estimate of drug-likeness (QED) is 0.777. The van der Waals surface area contributed by atoms with Crippen molar-refractivity contribution in [1.82, 2.24) is 10.3 Å². The fourth-order valence-electron chi connectivity index (χ4n) is 1.98. The third-order valence-corrected chi connectivity index (χ3v) is 5.11. The molecule has 1 amide bonds. The van der Waals surface area contributed by atoms with Gasteiger partial charge in [0.25, 0.3) is 5.91 Å². The van der Waals surface area contributed by atoms with Crippen LogP contribution in [0.15, 0.2) is 23.6 Å². The highest BCUT2D eigenvalue weighted by molar-refractivity contribution is 7.21. The summed E-state index contributed by atoms with van der Waals surface area (Å²) in [7, 11) is 0. The second-order valence-corrected chi connectivity index (χ2v) is 6.55. The standard InChI is InChI=1S/C14H12FN3OS2/c1-7-6-20-11(18-7)5-17-14(19)13-12(16)9-4-8(15)2-3-10(9)21-13/h2-4,6H,5,16H2,1H3,(H,17,19). The van der Waals surface area contributed by atoms with Crippen LogP contribution in [0.1, 0.15) is 20.4 Å². The second kappa shape index (κ2) is 5.42. The van der Waals surface area contributed by atoms with Crippen LogP contribution in [0.4, 0.5) is 10.1 Å². The number of nitrogens with zero attached hydrogens (tertiary/aromatic N) is 1. The number of thiophene rings is 1. The van der Waals surface area contributed by atoms with E-state index in [9.17, 15) is 9.18 Å². The van der Waals surface area contributed by atoms with Crippen molar-refractivity contribution in [2.45, 2.75) is 13.5 Å². The van der Waals surface area contributed by atoms with Gasteiger partial charge in [0.1, 0.15) is 15.7 Å². The summed E-state index contributed by atoms with van der Waals surface area (Å²) in [4.78, 5) is 16.9. The maximum Gasteiger partial charge on any atom is 0.263 e. The van der Waals surface area contributed by atoms with Crippen molar-refractivity contribution in [1.29, 1.82) is 0 Å². The van der Waals surface area contributed by atoms with E-state index in [1.807, 2.05) is 12.3 Å². The van der Waals surface area contributed by atoms with Crippen LogP contribution in [-0.4, -0.2) is 10.9 Å². The first-order valence-corrected chi connectivity index (χ1v) is 7.91. The number of anilines is 1. The summed E-state index contributed by atoms with van der Waals surface area (Å²) in [6.45, 7) is 2.26. The number of hydrogen-bond donors (Lipinski definition) is 2. The second-order valence-electron chi connectivity index (χ2n) is 4.55. The van der Waals surface area contributed by atoms with Crippen molar-refractivity contribution in [2.75, 3.05) is 5.73 Å². The van der Waals surface area contributed by atoms with Gasteiger partial charge in [-0.1, -0.05) is 0 Å². The summed E-state index contributed by atoms with van der Waals surface area (Å²) in [5.74, 6) is -0.626. The van der Waals surface area contributed by atoms with Gasteiger partial charge in [-0.3, -0.25) is 4.79 Å². The van der Waals surface area contributed by atoms with Crippen LogP contribution in [0.3, 0.4) is 0 Å². The topological polar surface area (TPSA) is 68.0 Å². The van der Waals surface area contributed by atoms with E-state index in [1.54, 1.807) is 6.07 Å². The number of aryl methyl sites for hydroxylation is 1. The van der Waals surface area contributed by atoms with Crippen LogP contribution in [0.5, 0.6) is 0 Å². The van der Waals surface area contributed by atoms with Gasteiger partial charge in [-0.15, -0.1) is 22.7 Å². The molecule has 0 aliphatic heterocycles. The molecule has 0 aliphatic rings. The molecule has 0 saturated carbocycles. The molecular formula is C14H12FN3OS2. The predicted molar refractivity (Wildman–Crippen MR) is 84.2 cm³/mol. The summed E-state index contributed by atoms with van der Waals surface area (Å²) in [5, 5.41) is 6.14. The largest absolute Gasteiger partial charge is 0.397 e. The molecular weight excluding hydrogens is 309 g/mol. The number of nitrogens with two attached hydrogens (primary N) is 1. The van der Waals surface area contributed by atoms with Gasteiger partial charge < -0.3 is 11.1 Å². The van der Waals surface area contributed by atoms with Crippen molar-refractivity contribution < 1.29 is 9.18 Å². The fourth-order valence-corrected chi connectivity index (χ4v) is 3.71. The minimum absolute atomic E-state index is 0.262. The van der Waals surface area contributed by atoms with E-state index in [4.69, 9.17) is 5.73 Å². The Kier molecular flexibility index (Phi) is 3.60. The lowest BCUT2D eigenvalue weighted by Crippen LogP contribution is -2.22. The van der Waals surface area contributed by atoms with Gasteiger partial charge in [0.05, 0.1) is 12.2 Å². The van der Waals surface area contributed by atoms with Crippen LogP contribution >= 0.6 is 22.7 Å². The summed E-state index contributed by atoms with van der Waals surface area (Å²) in [6.07, 6.45) is 0. The third kappa shape index (κ3) is 2.74. The molecule has 2 heterocycles. The Hall–Kier alpha value is -1.99. The van der Waals surface area contributed by atoms with Gasteiger partial charge in [0.15, 0.2) is 0 Å². The molecule has 0 atom stereocenters. The van der Waals surface area contributed by atoms with E-state index in [2.05, 4.69) is 10.3 Å². The van der Waals surface area contributed by atoms with Crippen molar-refractivity contribution in [3.8, 4) is 0 Å². The number of thiazole rings is 1. The van der Waals surface area contributed by atoms with Crippen LogP contribution in [0.25, 0.3) is 10.1 Å². The number of aromatic nitrogens is 1. The number of amides is 1. The van der Waals surface area contributed by atoms with Crippen molar-refractivity contribution >= 4 is 44.4 Å². The van der Waals surface area contributed by atoms with Crippen LogP contribution < -0.4 is 11.1 Å². The number of nitrogen functional groups attached to an aromatic ring is 1. The number of fused-ring (bicyclic) bond motifs is 1. The molecule has 3 aromatic rings.